The average Bonchev–Trinajstić information content (AvgIpc) is 2.75. The van der Waals surface area contributed by atoms with E-state index in [1.165, 1.54) is 11.8 Å². The number of anilines is 3. The SMILES string of the molecule is CCNc1cc(Nc2ccn(C)n2)nc(SC)n1. The molecule has 0 amide bonds. The fourth-order valence-electron chi connectivity index (χ4n) is 1.47. The minimum atomic E-state index is 0.729. The Morgan fingerprint density at radius 1 is 1.28 bits per heavy atom. The zero-order chi connectivity index (χ0) is 13.0. The Morgan fingerprint density at radius 2 is 2.06 bits per heavy atom. The Morgan fingerprint density at radius 3 is 2.67 bits per heavy atom. The van der Waals surface area contributed by atoms with Gasteiger partial charge in [-0.1, -0.05) is 11.8 Å². The van der Waals surface area contributed by atoms with Crippen molar-refractivity contribution >= 4 is 29.2 Å². The van der Waals surface area contributed by atoms with Crippen LogP contribution >= 0.6 is 11.8 Å². The van der Waals surface area contributed by atoms with E-state index in [2.05, 4.69) is 25.7 Å². The van der Waals surface area contributed by atoms with Crippen LogP contribution in [0.1, 0.15) is 6.92 Å². The molecular formula is C11H16N6S. The van der Waals surface area contributed by atoms with Crippen LogP contribution in [0.4, 0.5) is 17.5 Å². The molecule has 0 fully saturated rings. The second kappa shape index (κ2) is 5.72. The Bertz CT molecular complexity index is 524. The van der Waals surface area contributed by atoms with Crippen LogP contribution in [0.2, 0.25) is 0 Å². The minimum absolute atomic E-state index is 0.729. The molecule has 18 heavy (non-hydrogen) atoms. The van der Waals surface area contributed by atoms with E-state index >= 15 is 0 Å². The normalized spacial score (nSPS) is 10.4. The van der Waals surface area contributed by atoms with E-state index in [4.69, 9.17) is 0 Å². The first-order valence-electron chi connectivity index (χ1n) is 5.65. The van der Waals surface area contributed by atoms with Gasteiger partial charge in [0.05, 0.1) is 0 Å². The zero-order valence-corrected chi connectivity index (χ0v) is 11.5. The van der Waals surface area contributed by atoms with Gasteiger partial charge in [-0.15, -0.1) is 0 Å². The van der Waals surface area contributed by atoms with E-state index in [-0.39, 0.29) is 0 Å². The molecule has 2 heterocycles. The van der Waals surface area contributed by atoms with Gasteiger partial charge in [-0.05, 0) is 13.2 Å². The highest BCUT2D eigenvalue weighted by Gasteiger charge is 2.05. The number of nitrogens with one attached hydrogen (secondary N) is 2. The van der Waals surface area contributed by atoms with Crippen molar-refractivity contribution in [2.45, 2.75) is 12.1 Å². The van der Waals surface area contributed by atoms with Crippen molar-refractivity contribution in [1.29, 1.82) is 0 Å². The number of hydrogen-bond donors (Lipinski definition) is 2. The van der Waals surface area contributed by atoms with Crippen molar-refractivity contribution < 1.29 is 0 Å². The topological polar surface area (TPSA) is 67.7 Å². The van der Waals surface area contributed by atoms with Crippen molar-refractivity contribution in [3.63, 3.8) is 0 Å². The fourth-order valence-corrected chi connectivity index (χ4v) is 1.84. The predicted octanol–water partition coefficient (Wildman–Crippen LogP) is 2.11. The number of aromatic nitrogens is 4. The number of thioether (sulfide) groups is 1. The molecule has 2 rings (SSSR count). The maximum atomic E-state index is 4.39. The molecule has 2 N–H and O–H groups in total. The number of rotatable bonds is 5. The molecule has 6 nitrogen and oxygen atoms in total. The predicted molar refractivity (Wildman–Crippen MR) is 74.5 cm³/mol. The highest BCUT2D eigenvalue weighted by molar-refractivity contribution is 7.98. The lowest BCUT2D eigenvalue weighted by Gasteiger charge is -2.08. The zero-order valence-electron chi connectivity index (χ0n) is 10.6. The third-order valence-corrected chi connectivity index (χ3v) is 2.76. The van der Waals surface area contributed by atoms with Gasteiger partial charge in [0, 0.05) is 31.9 Å². The van der Waals surface area contributed by atoms with Crippen molar-refractivity contribution in [2.24, 2.45) is 7.05 Å². The van der Waals surface area contributed by atoms with Crippen LogP contribution in [0.5, 0.6) is 0 Å². The van der Waals surface area contributed by atoms with E-state index in [0.717, 1.165) is 29.2 Å². The maximum Gasteiger partial charge on any atom is 0.191 e. The molecule has 0 saturated heterocycles. The number of hydrogen-bond acceptors (Lipinski definition) is 6. The lowest BCUT2D eigenvalue weighted by molar-refractivity contribution is 0.771. The minimum Gasteiger partial charge on any atom is -0.370 e. The van der Waals surface area contributed by atoms with E-state index in [0.29, 0.717) is 0 Å². The van der Waals surface area contributed by atoms with Crippen molar-refractivity contribution in [3.8, 4) is 0 Å². The van der Waals surface area contributed by atoms with E-state index < -0.39 is 0 Å². The van der Waals surface area contributed by atoms with Crippen molar-refractivity contribution in [1.82, 2.24) is 19.7 Å². The third-order valence-electron chi connectivity index (χ3n) is 2.22. The van der Waals surface area contributed by atoms with Gasteiger partial charge in [-0.3, -0.25) is 4.68 Å². The summed E-state index contributed by atoms with van der Waals surface area (Å²) in [4.78, 5) is 8.75. The molecule has 0 aliphatic rings. The van der Waals surface area contributed by atoms with Crippen LogP contribution in [0.3, 0.4) is 0 Å². The van der Waals surface area contributed by atoms with E-state index in [9.17, 15) is 0 Å². The second-order valence-corrected chi connectivity index (χ2v) is 4.43. The number of aryl methyl sites for hydroxylation is 1. The van der Waals surface area contributed by atoms with Gasteiger partial charge in [0.25, 0.3) is 0 Å². The van der Waals surface area contributed by atoms with E-state index in [1.54, 1.807) is 4.68 Å². The lowest BCUT2D eigenvalue weighted by Crippen LogP contribution is -2.04. The lowest BCUT2D eigenvalue weighted by atomic mass is 10.5. The molecular weight excluding hydrogens is 248 g/mol. The van der Waals surface area contributed by atoms with Crippen LogP contribution in [-0.2, 0) is 7.05 Å². The molecule has 0 radical (unpaired) electrons. The summed E-state index contributed by atoms with van der Waals surface area (Å²) in [7, 11) is 1.88. The van der Waals surface area contributed by atoms with Gasteiger partial charge in [0.1, 0.15) is 11.6 Å². The Balaban J connectivity index is 2.23. The van der Waals surface area contributed by atoms with Crippen LogP contribution in [0.15, 0.2) is 23.5 Å². The summed E-state index contributed by atoms with van der Waals surface area (Å²) in [6.07, 6.45) is 3.83. The molecule has 0 spiro atoms. The quantitative estimate of drug-likeness (QED) is 0.637. The molecule has 0 unspecified atom stereocenters. The summed E-state index contributed by atoms with van der Waals surface area (Å²) in [5, 5.41) is 11.3. The highest BCUT2D eigenvalue weighted by atomic mass is 32.2. The van der Waals surface area contributed by atoms with Gasteiger partial charge in [-0.2, -0.15) is 5.10 Å². The van der Waals surface area contributed by atoms with Gasteiger partial charge >= 0.3 is 0 Å². The van der Waals surface area contributed by atoms with Crippen LogP contribution in [0, 0.1) is 0 Å². The smallest absolute Gasteiger partial charge is 0.191 e. The molecule has 2 aromatic heterocycles. The first-order chi connectivity index (χ1) is 8.71. The summed E-state index contributed by atoms with van der Waals surface area (Å²) in [6.45, 7) is 2.86. The molecule has 0 bridgehead atoms. The molecule has 0 atom stereocenters. The Hall–Kier alpha value is -1.76. The molecule has 0 aliphatic carbocycles. The van der Waals surface area contributed by atoms with Gasteiger partial charge in [0.15, 0.2) is 11.0 Å². The molecule has 96 valence electrons. The maximum absolute atomic E-state index is 4.39. The summed E-state index contributed by atoms with van der Waals surface area (Å²) in [5.41, 5.74) is 0. The standard InChI is InChI=1S/C11H16N6S/c1-4-12-9-7-10(15-11(14-9)18-3)13-8-5-6-17(2)16-8/h5-7H,4H2,1-3H3,(H2,12,13,14,15,16). The molecule has 0 aromatic carbocycles. The Labute approximate surface area is 110 Å². The van der Waals surface area contributed by atoms with Crippen LogP contribution in [-0.4, -0.2) is 32.5 Å². The molecule has 2 aromatic rings. The van der Waals surface area contributed by atoms with Crippen molar-refractivity contribution in [2.75, 3.05) is 23.4 Å². The summed E-state index contributed by atoms with van der Waals surface area (Å²) in [6, 6.07) is 3.77. The summed E-state index contributed by atoms with van der Waals surface area (Å²) in [5.74, 6) is 2.32. The van der Waals surface area contributed by atoms with Crippen LogP contribution in [0.25, 0.3) is 0 Å². The van der Waals surface area contributed by atoms with Crippen LogP contribution < -0.4 is 10.6 Å². The first-order valence-corrected chi connectivity index (χ1v) is 6.87. The third kappa shape index (κ3) is 3.13. The Kier molecular flexibility index (Phi) is 4.03. The summed E-state index contributed by atoms with van der Waals surface area (Å²) >= 11 is 1.51. The fraction of sp³-hybridized carbons (Fsp3) is 0.364. The second-order valence-electron chi connectivity index (χ2n) is 3.66. The van der Waals surface area contributed by atoms with Gasteiger partial charge in [0.2, 0.25) is 0 Å². The van der Waals surface area contributed by atoms with Gasteiger partial charge < -0.3 is 10.6 Å². The molecule has 0 aliphatic heterocycles. The van der Waals surface area contributed by atoms with Gasteiger partial charge in [-0.25, -0.2) is 9.97 Å². The highest BCUT2D eigenvalue weighted by Crippen LogP contribution is 2.19. The summed E-state index contributed by atoms with van der Waals surface area (Å²) < 4.78 is 1.74. The number of nitrogens with zero attached hydrogens (tertiary/aromatic N) is 4. The van der Waals surface area contributed by atoms with E-state index in [1.807, 2.05) is 38.6 Å². The average molecular weight is 264 g/mol. The van der Waals surface area contributed by atoms with Crippen molar-refractivity contribution in [3.05, 3.63) is 18.3 Å². The monoisotopic (exact) mass is 264 g/mol. The first kappa shape index (κ1) is 12.7. The molecule has 7 heteroatoms. The largest absolute Gasteiger partial charge is 0.370 e. The molecule has 0 saturated carbocycles.